The molecule has 0 amide bonds. The van der Waals surface area contributed by atoms with Gasteiger partial charge in [0.05, 0.1) is 10.6 Å². The molecule has 2 aliphatic rings. The average Bonchev–Trinajstić information content (AvgIpc) is 3.14. The number of hydrogen-bond acceptors (Lipinski definition) is 3. The largest absolute Gasteiger partial charge is 0.294 e. The summed E-state index contributed by atoms with van der Waals surface area (Å²) >= 11 is 0. The zero-order valence-electron chi connectivity index (χ0n) is 19.4. The van der Waals surface area contributed by atoms with Crippen LogP contribution in [0.25, 0.3) is 11.1 Å². The van der Waals surface area contributed by atoms with Crippen LogP contribution in [-0.2, 0) is 15.3 Å². The van der Waals surface area contributed by atoms with Crippen LogP contribution in [0.5, 0.6) is 0 Å². The maximum absolute atomic E-state index is 13.9. The van der Waals surface area contributed by atoms with Crippen molar-refractivity contribution in [2.45, 2.75) is 23.7 Å². The Morgan fingerprint density at radius 3 is 2.03 bits per heavy atom. The summed E-state index contributed by atoms with van der Waals surface area (Å²) in [5, 5.41) is 0. The second-order valence-corrected chi connectivity index (χ2v) is 11.5. The van der Waals surface area contributed by atoms with Gasteiger partial charge in [-0.05, 0) is 52.5 Å². The minimum atomic E-state index is -3.70. The monoisotopic (exact) mass is 476 g/mol. The van der Waals surface area contributed by atoms with Crippen LogP contribution in [0, 0.1) is 6.92 Å². The molecule has 0 N–H and O–H groups in total. The van der Waals surface area contributed by atoms with Gasteiger partial charge < -0.3 is 0 Å². The van der Waals surface area contributed by atoms with E-state index in [2.05, 4.69) is 18.2 Å². The van der Waals surface area contributed by atoms with E-state index in [1.807, 2.05) is 79.7 Å². The lowest BCUT2D eigenvalue weighted by atomic mass is 9.67. The molecule has 172 valence electrons. The fourth-order valence-corrected chi connectivity index (χ4v) is 7.54. The first-order chi connectivity index (χ1) is 16.9. The number of benzene rings is 4. The summed E-state index contributed by atoms with van der Waals surface area (Å²) < 4.78 is 27.8. The smallest absolute Gasteiger partial charge is 0.179 e. The number of allylic oxidation sites excluding steroid dienone is 1. The summed E-state index contributed by atoms with van der Waals surface area (Å²) in [6, 6.07) is 32.6. The van der Waals surface area contributed by atoms with E-state index in [4.69, 9.17) is 0 Å². The number of aryl methyl sites for hydroxylation is 1. The van der Waals surface area contributed by atoms with Crippen LogP contribution in [0.4, 0.5) is 0 Å². The average molecular weight is 477 g/mol. The lowest BCUT2D eigenvalue weighted by molar-refractivity contribution is 0.0961. The van der Waals surface area contributed by atoms with Gasteiger partial charge in [-0.2, -0.15) is 0 Å². The Hall–Kier alpha value is -3.76. The molecule has 0 aromatic heterocycles. The van der Waals surface area contributed by atoms with Crippen molar-refractivity contribution in [2.75, 3.05) is 5.75 Å². The first-order valence-electron chi connectivity index (χ1n) is 11.7. The van der Waals surface area contributed by atoms with Gasteiger partial charge in [0.2, 0.25) is 0 Å². The van der Waals surface area contributed by atoms with E-state index in [-0.39, 0.29) is 22.9 Å². The van der Waals surface area contributed by atoms with Crippen LogP contribution < -0.4 is 0 Å². The molecule has 1 atom stereocenters. The minimum Gasteiger partial charge on any atom is -0.294 e. The highest BCUT2D eigenvalue weighted by Gasteiger charge is 2.52. The van der Waals surface area contributed by atoms with Gasteiger partial charge >= 0.3 is 0 Å². The summed E-state index contributed by atoms with van der Waals surface area (Å²) in [6.07, 6.45) is 0.123. The molecule has 0 saturated heterocycles. The van der Waals surface area contributed by atoms with E-state index in [0.29, 0.717) is 5.56 Å². The van der Waals surface area contributed by atoms with E-state index in [1.54, 1.807) is 12.1 Å². The number of rotatable bonds is 4. The van der Waals surface area contributed by atoms with Crippen molar-refractivity contribution in [2.24, 2.45) is 0 Å². The third kappa shape index (κ3) is 3.32. The van der Waals surface area contributed by atoms with Gasteiger partial charge in [-0.1, -0.05) is 96.6 Å². The third-order valence-corrected chi connectivity index (χ3v) is 9.14. The van der Waals surface area contributed by atoms with Gasteiger partial charge in [0.25, 0.3) is 0 Å². The molecule has 0 aliphatic heterocycles. The van der Waals surface area contributed by atoms with Crippen LogP contribution in [0.1, 0.15) is 44.6 Å². The van der Waals surface area contributed by atoms with Gasteiger partial charge in [-0.25, -0.2) is 8.42 Å². The van der Waals surface area contributed by atoms with E-state index in [0.717, 1.165) is 39.0 Å². The van der Waals surface area contributed by atoms with Crippen LogP contribution in [0.2, 0.25) is 0 Å². The minimum absolute atomic E-state index is 0.0208. The topological polar surface area (TPSA) is 51.2 Å². The second kappa shape index (κ2) is 7.89. The highest BCUT2D eigenvalue weighted by atomic mass is 32.2. The fourth-order valence-electron chi connectivity index (χ4n) is 5.78. The predicted octanol–water partition coefficient (Wildman–Crippen LogP) is 6.27. The van der Waals surface area contributed by atoms with Crippen molar-refractivity contribution in [1.29, 1.82) is 0 Å². The fraction of sp³-hybridized carbons (Fsp3) is 0.129. The van der Waals surface area contributed by atoms with Gasteiger partial charge in [0.1, 0.15) is 0 Å². The first kappa shape index (κ1) is 21.8. The molecular formula is C31H24O3S. The molecule has 0 saturated carbocycles. The molecule has 3 nitrogen and oxygen atoms in total. The maximum atomic E-state index is 13.9. The highest BCUT2D eigenvalue weighted by molar-refractivity contribution is 7.91. The van der Waals surface area contributed by atoms with Crippen LogP contribution >= 0.6 is 0 Å². The molecule has 35 heavy (non-hydrogen) atoms. The molecule has 4 aromatic carbocycles. The van der Waals surface area contributed by atoms with Crippen LogP contribution in [-0.4, -0.2) is 20.0 Å². The molecule has 0 radical (unpaired) electrons. The molecular weight excluding hydrogens is 452 g/mol. The standard InChI is InChI=1S/C31H24O3S/c1-21-15-17-23(18-16-21)35(33,34)20-31-19-28(32)24-11-5-6-12-25(24)30(31)29(22-9-3-2-4-10-22)26-13-7-8-14-27(26)31/h2-18H,19-20H2,1H3. The van der Waals surface area contributed by atoms with Crippen LogP contribution in [0.15, 0.2) is 108 Å². The number of carbonyl (C=O) groups excluding carboxylic acids is 1. The zero-order valence-corrected chi connectivity index (χ0v) is 20.2. The van der Waals surface area contributed by atoms with E-state index in [1.165, 1.54) is 0 Å². The molecule has 4 aromatic rings. The van der Waals surface area contributed by atoms with Crippen molar-refractivity contribution < 1.29 is 13.2 Å². The Labute approximate surface area is 205 Å². The Morgan fingerprint density at radius 2 is 1.31 bits per heavy atom. The van der Waals surface area contributed by atoms with Crippen molar-refractivity contribution >= 4 is 26.8 Å². The predicted molar refractivity (Wildman–Crippen MR) is 139 cm³/mol. The first-order valence-corrected chi connectivity index (χ1v) is 13.4. The zero-order chi connectivity index (χ0) is 24.2. The van der Waals surface area contributed by atoms with E-state index < -0.39 is 15.3 Å². The Morgan fingerprint density at radius 1 is 0.714 bits per heavy atom. The maximum Gasteiger partial charge on any atom is 0.179 e. The quantitative estimate of drug-likeness (QED) is 0.349. The number of Topliss-reactive ketones (excluding diaryl/α,β-unsaturated/α-hetero) is 1. The van der Waals surface area contributed by atoms with Gasteiger partial charge in [0.15, 0.2) is 15.6 Å². The molecule has 0 bridgehead atoms. The van der Waals surface area contributed by atoms with E-state index >= 15 is 0 Å². The molecule has 1 unspecified atom stereocenters. The summed E-state index contributed by atoms with van der Waals surface area (Å²) in [4.78, 5) is 13.8. The molecule has 0 spiro atoms. The molecule has 2 aliphatic carbocycles. The summed E-state index contributed by atoms with van der Waals surface area (Å²) in [5.41, 5.74) is 6.42. The van der Waals surface area contributed by atoms with Crippen molar-refractivity contribution in [1.82, 2.24) is 0 Å². The number of sulfone groups is 1. The van der Waals surface area contributed by atoms with Gasteiger partial charge in [0, 0.05) is 17.4 Å². The SMILES string of the molecule is Cc1ccc(S(=O)(=O)CC23CC(=O)c4ccccc4C2=C(c2ccccc2)c2ccccc23)cc1. The lowest BCUT2D eigenvalue weighted by Crippen LogP contribution is -2.40. The summed E-state index contributed by atoms with van der Waals surface area (Å²) in [6.45, 7) is 1.94. The molecule has 0 fully saturated rings. The molecule has 6 rings (SSSR count). The summed E-state index contributed by atoms with van der Waals surface area (Å²) in [7, 11) is -3.70. The van der Waals surface area contributed by atoms with Crippen molar-refractivity contribution in [3.05, 3.63) is 137 Å². The van der Waals surface area contributed by atoms with Gasteiger partial charge in [-0.15, -0.1) is 0 Å². The Bertz CT molecular complexity index is 1610. The Kier molecular flexibility index (Phi) is 4.90. The van der Waals surface area contributed by atoms with Crippen molar-refractivity contribution in [3.63, 3.8) is 0 Å². The number of fused-ring (bicyclic) bond motifs is 5. The van der Waals surface area contributed by atoms with Crippen molar-refractivity contribution in [3.8, 4) is 0 Å². The molecule has 4 heteroatoms. The second-order valence-electron chi connectivity index (χ2n) is 9.46. The Balaban J connectivity index is 1.68. The third-order valence-electron chi connectivity index (χ3n) is 7.28. The highest BCUT2D eigenvalue weighted by Crippen LogP contribution is 2.58. The lowest BCUT2D eigenvalue weighted by Gasteiger charge is -2.38. The van der Waals surface area contributed by atoms with E-state index in [9.17, 15) is 13.2 Å². The molecule has 0 heterocycles. The van der Waals surface area contributed by atoms with Gasteiger partial charge in [-0.3, -0.25) is 4.79 Å². The number of ketones is 1. The normalized spacial score (nSPS) is 18.7. The number of hydrogen-bond donors (Lipinski definition) is 0. The van der Waals surface area contributed by atoms with Crippen LogP contribution in [0.3, 0.4) is 0 Å². The number of carbonyl (C=O) groups is 1. The summed E-state index contributed by atoms with van der Waals surface area (Å²) in [5.74, 6) is -0.182.